The highest BCUT2D eigenvalue weighted by atomic mass is 19.1. The van der Waals surface area contributed by atoms with Crippen molar-refractivity contribution in [1.82, 2.24) is 14.9 Å². The molecule has 1 fully saturated rings. The number of hydrogen-bond donors (Lipinski definition) is 3. The van der Waals surface area contributed by atoms with Crippen LogP contribution in [0.25, 0.3) is 0 Å². The van der Waals surface area contributed by atoms with E-state index >= 15 is 0 Å². The van der Waals surface area contributed by atoms with Crippen LogP contribution in [0, 0.1) is 18.2 Å². The van der Waals surface area contributed by atoms with Gasteiger partial charge < -0.3 is 20.7 Å². The highest BCUT2D eigenvalue weighted by molar-refractivity contribution is 6.17. The lowest BCUT2D eigenvalue weighted by molar-refractivity contribution is -0.127. The van der Waals surface area contributed by atoms with E-state index in [0.717, 1.165) is 24.0 Å². The first kappa shape index (κ1) is 24.8. The molecule has 1 amide bonds. The molecule has 0 bridgehead atoms. The van der Waals surface area contributed by atoms with Crippen molar-refractivity contribution in [2.45, 2.75) is 32.4 Å². The lowest BCUT2D eigenvalue weighted by Gasteiger charge is -2.33. The number of benzene rings is 2. The lowest BCUT2D eigenvalue weighted by Crippen LogP contribution is -2.44. The molecule has 1 aliphatic rings. The molecule has 0 saturated carbocycles. The summed E-state index contributed by atoms with van der Waals surface area (Å²) in [4.78, 5) is 22.3. The van der Waals surface area contributed by atoms with E-state index in [1.807, 2.05) is 13.0 Å². The first-order chi connectivity index (χ1) is 17.4. The van der Waals surface area contributed by atoms with Crippen molar-refractivity contribution in [1.29, 1.82) is 5.41 Å². The number of ether oxygens (including phenoxy) is 1. The summed E-state index contributed by atoms with van der Waals surface area (Å²) in [5, 5.41) is 12.3. The van der Waals surface area contributed by atoms with Crippen molar-refractivity contribution in [3.05, 3.63) is 89.5 Å². The van der Waals surface area contributed by atoms with Crippen LogP contribution in [0.5, 0.6) is 5.75 Å². The van der Waals surface area contributed by atoms with E-state index in [-0.39, 0.29) is 35.9 Å². The molecule has 1 atom stereocenters. The van der Waals surface area contributed by atoms with Crippen LogP contribution >= 0.6 is 0 Å². The molecule has 2 aromatic carbocycles. The number of nitrogens with two attached hydrogens (primary N) is 1. The van der Waals surface area contributed by atoms with Crippen molar-refractivity contribution >= 4 is 23.3 Å². The molecule has 1 unspecified atom stereocenters. The summed E-state index contributed by atoms with van der Waals surface area (Å²) < 4.78 is 19.2. The SMILES string of the molecule is C=CC(=O)N1CCCC(Nc2ncnc(N)c2C(=N)c2ccc(OCc3cccc(F)c3)cc2C)C1. The fraction of sp³-hybridized carbons (Fsp3) is 0.259. The third kappa shape index (κ3) is 5.68. The van der Waals surface area contributed by atoms with Gasteiger partial charge in [-0.25, -0.2) is 14.4 Å². The minimum atomic E-state index is -0.309. The summed E-state index contributed by atoms with van der Waals surface area (Å²) in [7, 11) is 0. The van der Waals surface area contributed by atoms with Gasteiger partial charge >= 0.3 is 0 Å². The van der Waals surface area contributed by atoms with Crippen LogP contribution in [0.1, 0.15) is 35.1 Å². The Morgan fingerprint density at radius 1 is 1.33 bits per heavy atom. The molecule has 4 N–H and O–H groups in total. The molecule has 1 aliphatic heterocycles. The van der Waals surface area contributed by atoms with Crippen LogP contribution in [0.2, 0.25) is 0 Å². The minimum absolute atomic E-state index is 0.0387. The number of likely N-dealkylation sites (tertiary alicyclic amines) is 1. The van der Waals surface area contributed by atoms with Crippen LogP contribution in [-0.4, -0.2) is 45.6 Å². The number of hydrogen-bond acceptors (Lipinski definition) is 7. The Kier molecular flexibility index (Phi) is 7.58. The number of carbonyl (C=O) groups is 1. The molecule has 9 heteroatoms. The first-order valence-corrected chi connectivity index (χ1v) is 11.7. The van der Waals surface area contributed by atoms with Gasteiger partial charge in [0, 0.05) is 24.7 Å². The zero-order chi connectivity index (χ0) is 25.7. The summed E-state index contributed by atoms with van der Waals surface area (Å²) in [5.74, 6) is 0.843. The van der Waals surface area contributed by atoms with Crippen molar-refractivity contribution in [2.75, 3.05) is 24.1 Å². The molecule has 4 rings (SSSR count). The van der Waals surface area contributed by atoms with Gasteiger partial charge in [-0.2, -0.15) is 0 Å². The third-order valence-electron chi connectivity index (χ3n) is 6.14. The van der Waals surface area contributed by atoms with Crippen LogP contribution in [0.4, 0.5) is 16.0 Å². The molecule has 2 heterocycles. The van der Waals surface area contributed by atoms with Gasteiger partial charge in [-0.3, -0.25) is 10.2 Å². The average molecular weight is 489 g/mol. The Bertz CT molecular complexity index is 1300. The average Bonchev–Trinajstić information content (AvgIpc) is 2.87. The second kappa shape index (κ2) is 11.0. The van der Waals surface area contributed by atoms with E-state index in [1.54, 1.807) is 29.2 Å². The number of halogens is 1. The van der Waals surface area contributed by atoms with E-state index in [9.17, 15) is 9.18 Å². The largest absolute Gasteiger partial charge is 0.489 e. The van der Waals surface area contributed by atoms with Crippen LogP contribution in [0.3, 0.4) is 0 Å². The van der Waals surface area contributed by atoms with Gasteiger partial charge in [0.15, 0.2) is 0 Å². The van der Waals surface area contributed by atoms with Gasteiger partial charge in [-0.05, 0) is 67.3 Å². The van der Waals surface area contributed by atoms with Gasteiger partial charge in [-0.15, -0.1) is 0 Å². The predicted octanol–water partition coefficient (Wildman–Crippen LogP) is 4.09. The molecule has 1 saturated heterocycles. The topological polar surface area (TPSA) is 117 Å². The van der Waals surface area contributed by atoms with Gasteiger partial charge in [-0.1, -0.05) is 18.7 Å². The Balaban J connectivity index is 1.52. The monoisotopic (exact) mass is 488 g/mol. The van der Waals surface area contributed by atoms with Crippen molar-refractivity contribution in [3.63, 3.8) is 0 Å². The minimum Gasteiger partial charge on any atom is -0.489 e. The van der Waals surface area contributed by atoms with E-state index in [2.05, 4.69) is 21.9 Å². The van der Waals surface area contributed by atoms with Gasteiger partial charge in [0.05, 0.1) is 11.3 Å². The van der Waals surface area contributed by atoms with Gasteiger partial charge in [0.2, 0.25) is 5.91 Å². The van der Waals surface area contributed by atoms with Crippen molar-refractivity contribution < 1.29 is 13.9 Å². The van der Waals surface area contributed by atoms with E-state index in [1.165, 1.54) is 24.5 Å². The number of nitrogen functional groups attached to an aromatic ring is 1. The zero-order valence-corrected chi connectivity index (χ0v) is 20.1. The second-order valence-corrected chi connectivity index (χ2v) is 8.72. The maximum absolute atomic E-state index is 13.4. The fourth-order valence-corrected chi connectivity index (χ4v) is 4.31. The number of nitrogens with one attached hydrogen (secondary N) is 2. The number of rotatable bonds is 8. The number of anilines is 2. The highest BCUT2D eigenvalue weighted by Gasteiger charge is 2.25. The summed E-state index contributed by atoms with van der Waals surface area (Å²) in [6.07, 6.45) is 4.38. The molecule has 0 spiro atoms. The standard InChI is InChI=1S/C27H29FN6O2/c1-3-23(35)34-11-5-8-20(14-34)33-27-24(26(30)31-16-32-27)25(29)22-10-9-21(12-17(22)2)36-15-18-6-4-7-19(28)13-18/h3-4,6-7,9-10,12-13,16,20,29H,1,5,8,11,14-15H2,2H3,(H3,30,31,32,33). The summed E-state index contributed by atoms with van der Waals surface area (Å²) in [6, 6.07) is 11.6. The Morgan fingerprint density at radius 2 is 2.17 bits per heavy atom. The molecular formula is C27H29FN6O2. The zero-order valence-electron chi connectivity index (χ0n) is 20.1. The van der Waals surface area contributed by atoms with Crippen LogP contribution < -0.4 is 15.8 Å². The Morgan fingerprint density at radius 3 is 2.92 bits per heavy atom. The quantitative estimate of drug-likeness (QED) is 0.325. The maximum atomic E-state index is 13.4. The smallest absolute Gasteiger partial charge is 0.246 e. The normalized spacial score (nSPS) is 15.3. The third-order valence-corrected chi connectivity index (χ3v) is 6.14. The van der Waals surface area contributed by atoms with E-state index in [4.69, 9.17) is 15.9 Å². The van der Waals surface area contributed by atoms with E-state index in [0.29, 0.717) is 35.8 Å². The predicted molar refractivity (Wildman–Crippen MR) is 138 cm³/mol. The highest BCUT2D eigenvalue weighted by Crippen LogP contribution is 2.27. The number of aromatic nitrogens is 2. The Hall–Kier alpha value is -4.27. The Labute approximate surface area is 209 Å². The van der Waals surface area contributed by atoms with Crippen LogP contribution in [0.15, 0.2) is 61.4 Å². The molecule has 0 aliphatic carbocycles. The fourth-order valence-electron chi connectivity index (χ4n) is 4.31. The molecule has 0 radical (unpaired) electrons. The summed E-state index contributed by atoms with van der Waals surface area (Å²) in [6.45, 7) is 6.88. The molecule has 8 nitrogen and oxygen atoms in total. The number of carbonyl (C=O) groups excluding carboxylic acids is 1. The first-order valence-electron chi connectivity index (χ1n) is 11.7. The summed E-state index contributed by atoms with van der Waals surface area (Å²) >= 11 is 0. The lowest BCUT2D eigenvalue weighted by atomic mass is 9.98. The molecule has 36 heavy (non-hydrogen) atoms. The molecule has 3 aromatic rings. The van der Waals surface area contributed by atoms with Crippen LogP contribution in [-0.2, 0) is 11.4 Å². The van der Waals surface area contributed by atoms with Crippen molar-refractivity contribution in [2.24, 2.45) is 0 Å². The number of amides is 1. The van der Waals surface area contributed by atoms with E-state index < -0.39 is 0 Å². The van der Waals surface area contributed by atoms with Gasteiger partial charge in [0.1, 0.15) is 36.1 Å². The molecule has 1 aromatic heterocycles. The van der Waals surface area contributed by atoms with Gasteiger partial charge in [0.25, 0.3) is 0 Å². The number of aryl methyl sites for hydroxylation is 1. The molecule has 186 valence electrons. The number of nitrogens with zero attached hydrogens (tertiary/aromatic N) is 3. The maximum Gasteiger partial charge on any atom is 0.246 e. The van der Waals surface area contributed by atoms with Crippen molar-refractivity contribution in [3.8, 4) is 5.75 Å². The molecular weight excluding hydrogens is 459 g/mol. The second-order valence-electron chi connectivity index (χ2n) is 8.72. The number of piperidine rings is 1. The summed E-state index contributed by atoms with van der Waals surface area (Å²) in [5.41, 5.74) is 8.98.